The van der Waals surface area contributed by atoms with Crippen LogP contribution in [0.15, 0.2) is 48.5 Å². The first kappa shape index (κ1) is 19.1. The lowest BCUT2D eigenvalue weighted by molar-refractivity contribution is -0.918. The molecule has 1 saturated heterocycles. The van der Waals surface area contributed by atoms with Crippen LogP contribution in [0, 0.1) is 5.82 Å². The topological polar surface area (TPSA) is 28.5 Å². The van der Waals surface area contributed by atoms with E-state index in [1.165, 1.54) is 30.5 Å². The molecule has 1 aliphatic rings. The summed E-state index contributed by atoms with van der Waals surface area (Å²) in [4.78, 5) is 1.55. The number of quaternary nitrogens is 1. The normalized spacial score (nSPS) is 15.6. The Hall–Kier alpha value is -1.69. The summed E-state index contributed by atoms with van der Waals surface area (Å²) in [5.41, 5.74) is 2.16. The van der Waals surface area contributed by atoms with Gasteiger partial charge in [0, 0.05) is 30.0 Å². The molecule has 1 heterocycles. The number of rotatable bonds is 6. The maximum atomic E-state index is 13.0. The van der Waals surface area contributed by atoms with Gasteiger partial charge in [0.1, 0.15) is 11.9 Å². The van der Waals surface area contributed by atoms with Crippen LogP contribution in [0.4, 0.5) is 4.39 Å². The largest absolute Gasteiger partial charge is 0.359 e. The molecule has 3 rings (SSSR count). The van der Waals surface area contributed by atoms with Gasteiger partial charge in [0.25, 0.3) is 0 Å². The Labute approximate surface area is 164 Å². The SMILES string of the molecule is Fc1ccc(CNC(=S)NC[C@H](c2ccccc2Cl)[NH+]2CCCC2)cc1. The van der Waals surface area contributed by atoms with E-state index in [2.05, 4.69) is 16.7 Å². The molecule has 0 amide bonds. The summed E-state index contributed by atoms with van der Waals surface area (Å²) in [6.45, 7) is 3.62. The van der Waals surface area contributed by atoms with Crippen molar-refractivity contribution in [3.8, 4) is 0 Å². The van der Waals surface area contributed by atoms with Crippen molar-refractivity contribution < 1.29 is 9.29 Å². The molecule has 3 N–H and O–H groups in total. The van der Waals surface area contributed by atoms with Crippen molar-refractivity contribution in [2.75, 3.05) is 19.6 Å². The van der Waals surface area contributed by atoms with Gasteiger partial charge in [-0.05, 0) is 36.0 Å². The van der Waals surface area contributed by atoms with Crippen molar-refractivity contribution in [1.29, 1.82) is 0 Å². The Kier molecular flexibility index (Phi) is 6.83. The molecule has 0 unspecified atom stereocenters. The molecule has 138 valence electrons. The van der Waals surface area contributed by atoms with Gasteiger partial charge in [-0.15, -0.1) is 0 Å². The number of thiocarbonyl (C=S) groups is 1. The van der Waals surface area contributed by atoms with Crippen molar-refractivity contribution >= 4 is 28.9 Å². The van der Waals surface area contributed by atoms with Crippen molar-refractivity contribution in [2.24, 2.45) is 0 Å². The van der Waals surface area contributed by atoms with Gasteiger partial charge >= 0.3 is 0 Å². The monoisotopic (exact) mass is 392 g/mol. The molecule has 0 aromatic heterocycles. The minimum absolute atomic E-state index is 0.231. The summed E-state index contributed by atoms with van der Waals surface area (Å²) in [5.74, 6) is -0.231. The quantitative estimate of drug-likeness (QED) is 0.660. The Bertz CT molecular complexity index is 732. The van der Waals surface area contributed by atoms with E-state index in [4.69, 9.17) is 23.8 Å². The maximum absolute atomic E-state index is 13.0. The summed E-state index contributed by atoms with van der Waals surface area (Å²) >= 11 is 11.9. The smallest absolute Gasteiger partial charge is 0.166 e. The molecule has 0 aliphatic carbocycles. The minimum atomic E-state index is -0.231. The fourth-order valence-corrected chi connectivity index (χ4v) is 3.87. The van der Waals surface area contributed by atoms with Crippen molar-refractivity contribution in [1.82, 2.24) is 10.6 Å². The summed E-state index contributed by atoms with van der Waals surface area (Å²) in [6, 6.07) is 14.8. The fraction of sp³-hybridized carbons (Fsp3) is 0.350. The van der Waals surface area contributed by atoms with Gasteiger partial charge < -0.3 is 15.5 Å². The Morgan fingerprint density at radius 3 is 2.46 bits per heavy atom. The van der Waals surface area contributed by atoms with Crippen LogP contribution in [0.5, 0.6) is 0 Å². The molecule has 2 aromatic carbocycles. The van der Waals surface area contributed by atoms with Crippen LogP contribution in [-0.4, -0.2) is 24.7 Å². The molecule has 1 aliphatic heterocycles. The van der Waals surface area contributed by atoms with Crippen molar-refractivity contribution in [3.63, 3.8) is 0 Å². The lowest BCUT2D eigenvalue weighted by Crippen LogP contribution is -3.11. The summed E-state index contributed by atoms with van der Waals surface area (Å²) in [7, 11) is 0. The van der Waals surface area contributed by atoms with Gasteiger partial charge in [0.2, 0.25) is 0 Å². The highest BCUT2D eigenvalue weighted by molar-refractivity contribution is 7.80. The zero-order chi connectivity index (χ0) is 18.4. The molecular formula is C20H24ClFN3S+. The predicted molar refractivity (Wildman–Crippen MR) is 108 cm³/mol. The van der Waals surface area contributed by atoms with Crippen LogP contribution in [-0.2, 0) is 6.54 Å². The van der Waals surface area contributed by atoms with Crippen LogP contribution < -0.4 is 15.5 Å². The lowest BCUT2D eigenvalue weighted by Gasteiger charge is -2.26. The van der Waals surface area contributed by atoms with E-state index in [-0.39, 0.29) is 11.9 Å². The number of hydrogen-bond acceptors (Lipinski definition) is 1. The highest BCUT2D eigenvalue weighted by atomic mass is 35.5. The number of benzene rings is 2. The molecule has 0 radical (unpaired) electrons. The van der Waals surface area contributed by atoms with E-state index in [0.717, 1.165) is 30.2 Å². The molecule has 26 heavy (non-hydrogen) atoms. The number of halogens is 2. The highest BCUT2D eigenvalue weighted by Crippen LogP contribution is 2.21. The zero-order valence-corrected chi connectivity index (χ0v) is 16.2. The Morgan fingerprint density at radius 1 is 1.08 bits per heavy atom. The van der Waals surface area contributed by atoms with E-state index in [1.54, 1.807) is 17.0 Å². The third-order valence-electron chi connectivity index (χ3n) is 4.85. The summed E-state index contributed by atoms with van der Waals surface area (Å²) < 4.78 is 13.0. The minimum Gasteiger partial charge on any atom is -0.359 e. The van der Waals surface area contributed by atoms with Gasteiger partial charge in [0.05, 0.1) is 19.6 Å². The highest BCUT2D eigenvalue weighted by Gasteiger charge is 2.28. The standard InChI is InChI=1S/C20H23ClFN3S/c21-18-6-2-1-5-17(18)19(25-11-3-4-12-25)14-24-20(26)23-13-15-7-9-16(22)10-8-15/h1-2,5-10,19H,3-4,11-14H2,(H2,23,24,26)/p+1/t19-/m1/s1. The molecule has 0 bridgehead atoms. The van der Waals surface area contributed by atoms with E-state index in [1.807, 2.05) is 18.2 Å². The maximum Gasteiger partial charge on any atom is 0.166 e. The second-order valence-electron chi connectivity index (χ2n) is 6.63. The number of likely N-dealkylation sites (tertiary alicyclic amines) is 1. The summed E-state index contributed by atoms with van der Waals surface area (Å²) in [6.07, 6.45) is 2.51. The molecule has 3 nitrogen and oxygen atoms in total. The first-order chi connectivity index (χ1) is 12.6. The van der Waals surface area contributed by atoms with E-state index >= 15 is 0 Å². The molecule has 2 aromatic rings. The first-order valence-electron chi connectivity index (χ1n) is 8.98. The molecule has 6 heteroatoms. The molecule has 1 fully saturated rings. The van der Waals surface area contributed by atoms with Gasteiger partial charge in [0.15, 0.2) is 5.11 Å². The van der Waals surface area contributed by atoms with Crippen molar-refractivity contribution in [3.05, 3.63) is 70.5 Å². The van der Waals surface area contributed by atoms with E-state index < -0.39 is 0 Å². The van der Waals surface area contributed by atoms with Crippen LogP contribution in [0.3, 0.4) is 0 Å². The van der Waals surface area contributed by atoms with Crippen LogP contribution in [0.2, 0.25) is 5.02 Å². The second-order valence-corrected chi connectivity index (χ2v) is 7.44. The van der Waals surface area contributed by atoms with Gasteiger partial charge in [-0.25, -0.2) is 4.39 Å². The zero-order valence-electron chi connectivity index (χ0n) is 14.6. The molecule has 1 atom stereocenters. The molecular weight excluding hydrogens is 369 g/mol. The second kappa shape index (κ2) is 9.31. The predicted octanol–water partition coefficient (Wildman–Crippen LogP) is 2.86. The Balaban J connectivity index is 1.57. The molecule has 0 spiro atoms. The number of hydrogen-bond donors (Lipinski definition) is 3. The van der Waals surface area contributed by atoms with Crippen molar-refractivity contribution in [2.45, 2.75) is 25.4 Å². The first-order valence-corrected chi connectivity index (χ1v) is 9.77. The Morgan fingerprint density at radius 2 is 1.77 bits per heavy atom. The lowest BCUT2D eigenvalue weighted by atomic mass is 10.1. The van der Waals surface area contributed by atoms with E-state index in [9.17, 15) is 4.39 Å². The fourth-order valence-electron chi connectivity index (χ4n) is 3.45. The third kappa shape index (κ3) is 5.16. The number of nitrogens with one attached hydrogen (secondary N) is 3. The average molecular weight is 393 g/mol. The van der Waals surface area contributed by atoms with Crippen LogP contribution in [0.1, 0.15) is 30.0 Å². The van der Waals surface area contributed by atoms with Gasteiger partial charge in [-0.1, -0.05) is 41.9 Å². The average Bonchev–Trinajstić information content (AvgIpc) is 3.17. The third-order valence-corrected chi connectivity index (χ3v) is 5.49. The summed E-state index contributed by atoms with van der Waals surface area (Å²) in [5, 5.41) is 7.93. The molecule has 0 saturated carbocycles. The van der Waals surface area contributed by atoms with Gasteiger partial charge in [-0.3, -0.25) is 0 Å². The van der Waals surface area contributed by atoms with Crippen LogP contribution in [0.25, 0.3) is 0 Å². The van der Waals surface area contributed by atoms with Gasteiger partial charge in [-0.2, -0.15) is 0 Å². The van der Waals surface area contributed by atoms with Crippen LogP contribution >= 0.6 is 23.8 Å². The van der Waals surface area contributed by atoms with E-state index in [0.29, 0.717) is 11.7 Å².